The summed E-state index contributed by atoms with van der Waals surface area (Å²) in [4.78, 5) is 10.5. The standard InChI is InChI=1S/C9H15NO/c11-6-8-5-7-3-1-2-4-9(7)10-8/h6-10H,1-5H2/t7-,8+,9-/m1/s1. The third-order valence-electron chi connectivity index (χ3n) is 3.06. The van der Waals surface area contributed by atoms with Gasteiger partial charge < -0.3 is 10.1 Å². The van der Waals surface area contributed by atoms with E-state index in [4.69, 9.17) is 0 Å². The zero-order valence-electron chi connectivity index (χ0n) is 6.75. The van der Waals surface area contributed by atoms with E-state index in [1.807, 2.05) is 0 Å². The number of carbonyl (C=O) groups is 1. The lowest BCUT2D eigenvalue weighted by molar-refractivity contribution is -0.109. The summed E-state index contributed by atoms with van der Waals surface area (Å²) in [6, 6.07) is 0.835. The van der Waals surface area contributed by atoms with Crippen molar-refractivity contribution < 1.29 is 4.79 Å². The van der Waals surface area contributed by atoms with Gasteiger partial charge in [-0.05, 0) is 25.2 Å². The second-order valence-electron chi connectivity index (χ2n) is 3.80. The Kier molecular flexibility index (Phi) is 1.95. The Morgan fingerprint density at radius 2 is 2.09 bits per heavy atom. The number of fused-ring (bicyclic) bond motifs is 1. The van der Waals surface area contributed by atoms with Crippen LogP contribution in [-0.2, 0) is 4.79 Å². The second kappa shape index (κ2) is 2.94. The molecule has 2 rings (SSSR count). The van der Waals surface area contributed by atoms with Crippen LogP contribution in [0.1, 0.15) is 32.1 Å². The first kappa shape index (κ1) is 7.29. The van der Waals surface area contributed by atoms with Gasteiger partial charge in [0.15, 0.2) is 0 Å². The quantitative estimate of drug-likeness (QED) is 0.572. The number of hydrogen-bond acceptors (Lipinski definition) is 2. The van der Waals surface area contributed by atoms with Crippen LogP contribution in [0.5, 0.6) is 0 Å². The molecule has 1 saturated carbocycles. The molecular formula is C9H15NO. The van der Waals surface area contributed by atoms with E-state index < -0.39 is 0 Å². The van der Waals surface area contributed by atoms with Crippen LogP contribution in [0, 0.1) is 5.92 Å². The van der Waals surface area contributed by atoms with Crippen LogP contribution in [-0.4, -0.2) is 18.4 Å². The van der Waals surface area contributed by atoms with E-state index >= 15 is 0 Å². The number of nitrogens with one attached hydrogen (secondary N) is 1. The zero-order chi connectivity index (χ0) is 7.68. The number of aldehydes is 1. The maximum atomic E-state index is 10.5. The minimum absolute atomic E-state index is 0.170. The molecule has 0 spiro atoms. The summed E-state index contributed by atoms with van der Waals surface area (Å²) in [7, 11) is 0. The molecule has 2 aliphatic rings. The molecule has 0 bridgehead atoms. The van der Waals surface area contributed by atoms with Crippen molar-refractivity contribution in [3.05, 3.63) is 0 Å². The number of hydrogen-bond donors (Lipinski definition) is 1. The molecule has 2 heteroatoms. The van der Waals surface area contributed by atoms with Crippen molar-refractivity contribution in [1.29, 1.82) is 0 Å². The van der Waals surface area contributed by atoms with Crippen LogP contribution in [0.15, 0.2) is 0 Å². The Hall–Kier alpha value is -0.370. The Morgan fingerprint density at radius 3 is 2.82 bits per heavy atom. The highest BCUT2D eigenvalue weighted by atomic mass is 16.1. The maximum absolute atomic E-state index is 10.5. The van der Waals surface area contributed by atoms with Crippen molar-refractivity contribution in [2.24, 2.45) is 5.92 Å². The van der Waals surface area contributed by atoms with Crippen LogP contribution < -0.4 is 5.32 Å². The van der Waals surface area contributed by atoms with E-state index in [-0.39, 0.29) is 6.04 Å². The third-order valence-corrected chi connectivity index (χ3v) is 3.06. The fourth-order valence-corrected chi connectivity index (χ4v) is 2.47. The normalized spacial score (nSPS) is 43.5. The minimum atomic E-state index is 0.170. The molecule has 0 amide bonds. The van der Waals surface area contributed by atoms with Gasteiger partial charge >= 0.3 is 0 Å². The smallest absolute Gasteiger partial charge is 0.136 e. The summed E-state index contributed by atoms with van der Waals surface area (Å²) in [5.41, 5.74) is 0. The fourth-order valence-electron chi connectivity index (χ4n) is 2.47. The van der Waals surface area contributed by atoms with Crippen LogP contribution in [0.4, 0.5) is 0 Å². The average molecular weight is 153 g/mol. The van der Waals surface area contributed by atoms with Gasteiger partial charge in [-0.25, -0.2) is 0 Å². The van der Waals surface area contributed by atoms with Crippen LogP contribution in [0.25, 0.3) is 0 Å². The Labute approximate surface area is 67.4 Å². The van der Waals surface area contributed by atoms with Crippen molar-refractivity contribution in [2.45, 2.75) is 44.2 Å². The zero-order valence-corrected chi connectivity index (χ0v) is 6.75. The molecule has 0 aromatic carbocycles. The van der Waals surface area contributed by atoms with Crippen molar-refractivity contribution in [3.63, 3.8) is 0 Å². The highest BCUT2D eigenvalue weighted by Gasteiger charge is 2.34. The van der Waals surface area contributed by atoms with Crippen LogP contribution in [0.3, 0.4) is 0 Å². The lowest BCUT2D eigenvalue weighted by atomic mass is 9.85. The van der Waals surface area contributed by atoms with Gasteiger partial charge in [0.2, 0.25) is 0 Å². The summed E-state index contributed by atoms with van der Waals surface area (Å²) in [6.45, 7) is 0. The van der Waals surface area contributed by atoms with E-state index in [0.717, 1.165) is 18.6 Å². The van der Waals surface area contributed by atoms with Crippen molar-refractivity contribution in [2.75, 3.05) is 0 Å². The largest absolute Gasteiger partial charge is 0.305 e. The summed E-state index contributed by atoms with van der Waals surface area (Å²) < 4.78 is 0. The molecular weight excluding hydrogens is 138 g/mol. The fraction of sp³-hybridized carbons (Fsp3) is 0.889. The molecule has 1 heterocycles. The van der Waals surface area contributed by atoms with Gasteiger partial charge in [0, 0.05) is 6.04 Å². The molecule has 3 atom stereocenters. The summed E-state index contributed by atoms with van der Waals surface area (Å²) >= 11 is 0. The SMILES string of the molecule is O=C[C@@H]1C[C@H]2CCCC[C@H]2N1. The molecule has 2 nitrogen and oxygen atoms in total. The van der Waals surface area contributed by atoms with Crippen molar-refractivity contribution >= 4 is 6.29 Å². The van der Waals surface area contributed by atoms with Gasteiger partial charge in [-0.3, -0.25) is 0 Å². The molecule has 11 heavy (non-hydrogen) atoms. The molecule has 0 radical (unpaired) electrons. The molecule has 1 N–H and O–H groups in total. The molecule has 1 aliphatic carbocycles. The minimum Gasteiger partial charge on any atom is -0.305 e. The van der Waals surface area contributed by atoms with Gasteiger partial charge in [0.25, 0.3) is 0 Å². The Bertz CT molecular complexity index is 144. The Morgan fingerprint density at radius 1 is 1.27 bits per heavy atom. The Balaban J connectivity index is 1.97. The summed E-state index contributed by atoms with van der Waals surface area (Å²) in [5, 5.41) is 3.37. The predicted molar refractivity (Wildman–Crippen MR) is 43.4 cm³/mol. The first-order chi connectivity index (χ1) is 5.40. The lowest BCUT2D eigenvalue weighted by Gasteiger charge is -2.24. The highest BCUT2D eigenvalue weighted by molar-refractivity contribution is 5.58. The predicted octanol–water partition coefficient (Wildman–Crippen LogP) is 1.11. The molecule has 1 saturated heterocycles. The average Bonchev–Trinajstić information content (AvgIpc) is 2.46. The van der Waals surface area contributed by atoms with E-state index in [1.165, 1.54) is 25.7 Å². The molecule has 0 aromatic heterocycles. The van der Waals surface area contributed by atoms with Crippen molar-refractivity contribution in [1.82, 2.24) is 5.32 Å². The topological polar surface area (TPSA) is 29.1 Å². The van der Waals surface area contributed by atoms with Gasteiger partial charge in [-0.2, -0.15) is 0 Å². The molecule has 2 fully saturated rings. The molecule has 62 valence electrons. The van der Waals surface area contributed by atoms with E-state index in [0.29, 0.717) is 6.04 Å². The first-order valence-corrected chi connectivity index (χ1v) is 4.61. The summed E-state index contributed by atoms with van der Waals surface area (Å²) in [6.07, 6.45) is 7.50. The maximum Gasteiger partial charge on any atom is 0.136 e. The third kappa shape index (κ3) is 1.32. The van der Waals surface area contributed by atoms with Gasteiger partial charge in [-0.15, -0.1) is 0 Å². The monoisotopic (exact) mass is 153 g/mol. The van der Waals surface area contributed by atoms with Gasteiger partial charge in [0.05, 0.1) is 6.04 Å². The van der Waals surface area contributed by atoms with Gasteiger partial charge in [-0.1, -0.05) is 12.8 Å². The number of rotatable bonds is 1. The van der Waals surface area contributed by atoms with Crippen LogP contribution in [0.2, 0.25) is 0 Å². The highest BCUT2D eigenvalue weighted by Crippen LogP contribution is 2.32. The second-order valence-corrected chi connectivity index (χ2v) is 3.80. The van der Waals surface area contributed by atoms with Gasteiger partial charge in [0.1, 0.15) is 6.29 Å². The van der Waals surface area contributed by atoms with E-state index in [2.05, 4.69) is 5.32 Å². The van der Waals surface area contributed by atoms with E-state index in [9.17, 15) is 4.79 Å². The van der Waals surface area contributed by atoms with Crippen molar-refractivity contribution in [3.8, 4) is 0 Å². The molecule has 1 aliphatic heterocycles. The molecule has 0 aromatic rings. The summed E-state index contributed by atoms with van der Waals surface area (Å²) in [5.74, 6) is 0.805. The lowest BCUT2D eigenvalue weighted by Crippen LogP contribution is -2.33. The van der Waals surface area contributed by atoms with Crippen LogP contribution >= 0.6 is 0 Å². The molecule has 0 unspecified atom stereocenters. The number of carbonyl (C=O) groups excluding carboxylic acids is 1. The van der Waals surface area contributed by atoms with E-state index in [1.54, 1.807) is 0 Å². The first-order valence-electron chi connectivity index (χ1n) is 4.61.